The largest absolute Gasteiger partial charge is 0.491 e. The number of pyridine rings is 1. The first-order valence-electron chi connectivity index (χ1n) is 13.6. The Hall–Kier alpha value is -3.46. The normalized spacial score (nSPS) is 14.8. The standard InChI is InChI=1S/C14H22N2O3.C10H12N2O.C7H8/c1-12-10-13(19-9-8-17)2-3-14(12)16-6-4-15(11-18)5-7-16;1-7-2-3-8(6-11-7)10(13)12-9-4-5-9;1-7-5-3-2-4-6-7/h2-3,10,17-18H,4-9,11H2,1H3;2-3,6,9H,4-5H2,1H3,(H,12,13);2-6H,1H3. The molecule has 0 spiro atoms. The van der Waals surface area contributed by atoms with Crippen LogP contribution in [0.25, 0.3) is 0 Å². The van der Waals surface area contributed by atoms with Crippen molar-refractivity contribution in [1.82, 2.24) is 15.2 Å². The van der Waals surface area contributed by atoms with Gasteiger partial charge in [0.15, 0.2) is 0 Å². The molecule has 0 unspecified atom stereocenters. The van der Waals surface area contributed by atoms with E-state index in [2.05, 4.69) is 47.2 Å². The molecule has 1 aromatic heterocycles. The average Bonchev–Trinajstić information content (AvgIpc) is 3.77. The number of aliphatic hydroxyl groups excluding tert-OH is 2. The maximum absolute atomic E-state index is 11.5. The lowest BCUT2D eigenvalue weighted by Crippen LogP contribution is -2.46. The van der Waals surface area contributed by atoms with E-state index in [-0.39, 0.29) is 19.2 Å². The van der Waals surface area contributed by atoms with Crippen molar-refractivity contribution in [3.8, 4) is 5.75 Å². The Kier molecular flexibility index (Phi) is 12.2. The van der Waals surface area contributed by atoms with Gasteiger partial charge in [0, 0.05) is 49.8 Å². The van der Waals surface area contributed by atoms with Crippen LogP contribution in [0.2, 0.25) is 0 Å². The minimum atomic E-state index is -0.00463. The molecule has 2 aromatic carbocycles. The number of aryl methyl sites for hydroxylation is 3. The number of hydrogen-bond acceptors (Lipinski definition) is 7. The maximum atomic E-state index is 11.5. The number of aromatic nitrogens is 1. The molecule has 2 aliphatic rings. The molecule has 1 saturated carbocycles. The van der Waals surface area contributed by atoms with Crippen molar-refractivity contribution in [1.29, 1.82) is 0 Å². The van der Waals surface area contributed by atoms with E-state index < -0.39 is 0 Å². The summed E-state index contributed by atoms with van der Waals surface area (Å²) in [6.07, 6.45) is 3.85. The van der Waals surface area contributed by atoms with E-state index in [0.717, 1.165) is 50.5 Å². The van der Waals surface area contributed by atoms with Gasteiger partial charge in [-0.15, -0.1) is 0 Å². The average molecular weight is 535 g/mol. The number of carbonyl (C=O) groups excluding carboxylic acids is 1. The highest BCUT2D eigenvalue weighted by atomic mass is 16.5. The molecule has 5 rings (SSSR count). The molecule has 0 bridgehead atoms. The molecular weight excluding hydrogens is 492 g/mol. The zero-order valence-corrected chi connectivity index (χ0v) is 23.3. The molecule has 2 fully saturated rings. The summed E-state index contributed by atoms with van der Waals surface area (Å²) in [5.74, 6) is 0.791. The fourth-order valence-electron chi connectivity index (χ4n) is 4.00. The van der Waals surface area contributed by atoms with Crippen LogP contribution < -0.4 is 15.0 Å². The minimum absolute atomic E-state index is 0.00463. The van der Waals surface area contributed by atoms with E-state index in [4.69, 9.17) is 14.9 Å². The molecule has 2 heterocycles. The van der Waals surface area contributed by atoms with Crippen LogP contribution in [0, 0.1) is 20.8 Å². The third-order valence-electron chi connectivity index (χ3n) is 6.47. The minimum Gasteiger partial charge on any atom is -0.491 e. The van der Waals surface area contributed by atoms with Gasteiger partial charge in [-0.25, -0.2) is 0 Å². The van der Waals surface area contributed by atoms with Crippen molar-refractivity contribution < 1.29 is 19.7 Å². The molecule has 210 valence electrons. The molecular formula is C31H42N4O4. The Balaban J connectivity index is 0.000000180. The van der Waals surface area contributed by atoms with Crippen LogP contribution in [-0.4, -0.2) is 78.2 Å². The van der Waals surface area contributed by atoms with Gasteiger partial charge in [-0.05, 0) is 69.5 Å². The number of nitrogens with zero attached hydrogens (tertiary/aromatic N) is 3. The fraction of sp³-hybridized carbons (Fsp3) is 0.419. The topological polar surface area (TPSA) is 98.2 Å². The third kappa shape index (κ3) is 10.7. The van der Waals surface area contributed by atoms with Crippen LogP contribution in [-0.2, 0) is 0 Å². The van der Waals surface area contributed by atoms with E-state index in [9.17, 15) is 4.79 Å². The molecule has 0 atom stereocenters. The predicted molar refractivity (Wildman–Crippen MR) is 155 cm³/mol. The second-order valence-corrected chi connectivity index (χ2v) is 9.86. The quantitative estimate of drug-likeness (QED) is 0.425. The molecule has 0 radical (unpaired) electrons. The number of amides is 1. The van der Waals surface area contributed by atoms with Gasteiger partial charge >= 0.3 is 0 Å². The second-order valence-electron chi connectivity index (χ2n) is 9.86. The van der Waals surface area contributed by atoms with Crippen LogP contribution in [0.3, 0.4) is 0 Å². The Morgan fingerprint density at radius 3 is 2.21 bits per heavy atom. The first-order chi connectivity index (χ1) is 18.9. The van der Waals surface area contributed by atoms with E-state index >= 15 is 0 Å². The number of ether oxygens (including phenoxy) is 1. The SMILES string of the molecule is Cc1cc(OCCO)ccc1N1CCN(CO)CC1.Cc1ccc(C(=O)NC2CC2)cn1.Cc1ccccc1. The van der Waals surface area contributed by atoms with Gasteiger partial charge in [0.05, 0.1) is 18.9 Å². The highest BCUT2D eigenvalue weighted by Crippen LogP contribution is 2.25. The summed E-state index contributed by atoms with van der Waals surface area (Å²) in [4.78, 5) is 19.9. The number of nitrogens with one attached hydrogen (secondary N) is 1. The summed E-state index contributed by atoms with van der Waals surface area (Å²) in [5, 5.41) is 20.7. The van der Waals surface area contributed by atoms with Crippen molar-refractivity contribution in [3.63, 3.8) is 0 Å². The molecule has 39 heavy (non-hydrogen) atoms. The third-order valence-corrected chi connectivity index (χ3v) is 6.47. The van der Waals surface area contributed by atoms with Crippen molar-refractivity contribution in [3.05, 3.63) is 89.2 Å². The summed E-state index contributed by atoms with van der Waals surface area (Å²) < 4.78 is 5.40. The number of benzene rings is 2. The Bertz CT molecular complexity index is 1130. The molecule has 1 amide bonds. The molecule has 1 aliphatic heterocycles. The zero-order chi connectivity index (χ0) is 28.0. The van der Waals surface area contributed by atoms with Crippen LogP contribution in [0.15, 0.2) is 66.9 Å². The first-order valence-corrected chi connectivity index (χ1v) is 13.6. The number of carbonyl (C=O) groups is 1. The van der Waals surface area contributed by atoms with Crippen LogP contribution in [0.1, 0.15) is 40.0 Å². The van der Waals surface area contributed by atoms with Crippen LogP contribution in [0.4, 0.5) is 5.69 Å². The van der Waals surface area contributed by atoms with Gasteiger partial charge in [0.2, 0.25) is 0 Å². The van der Waals surface area contributed by atoms with Gasteiger partial charge in [0.25, 0.3) is 5.91 Å². The smallest absolute Gasteiger partial charge is 0.253 e. The summed E-state index contributed by atoms with van der Waals surface area (Å²) in [7, 11) is 0. The van der Waals surface area contributed by atoms with Crippen LogP contribution in [0.5, 0.6) is 5.75 Å². The Morgan fingerprint density at radius 2 is 1.69 bits per heavy atom. The summed E-state index contributed by atoms with van der Waals surface area (Å²) >= 11 is 0. The molecule has 1 aliphatic carbocycles. The van der Waals surface area contributed by atoms with Gasteiger partial charge in [-0.3, -0.25) is 14.7 Å². The number of hydrogen-bond donors (Lipinski definition) is 3. The summed E-state index contributed by atoms with van der Waals surface area (Å²) in [6.45, 7) is 10.2. The predicted octanol–water partition coefficient (Wildman–Crippen LogP) is 3.72. The second kappa shape index (κ2) is 15.8. The molecule has 3 aromatic rings. The lowest BCUT2D eigenvalue weighted by atomic mass is 10.1. The fourth-order valence-corrected chi connectivity index (χ4v) is 4.00. The maximum Gasteiger partial charge on any atom is 0.253 e. The highest BCUT2D eigenvalue weighted by molar-refractivity contribution is 5.94. The van der Waals surface area contributed by atoms with Gasteiger partial charge in [-0.1, -0.05) is 35.9 Å². The van der Waals surface area contributed by atoms with Crippen molar-refractivity contribution in [2.24, 2.45) is 0 Å². The molecule has 1 saturated heterocycles. The summed E-state index contributed by atoms with van der Waals surface area (Å²) in [5.41, 5.74) is 5.30. The zero-order valence-electron chi connectivity index (χ0n) is 23.3. The van der Waals surface area contributed by atoms with Gasteiger partial charge in [-0.2, -0.15) is 0 Å². The molecule has 8 heteroatoms. The van der Waals surface area contributed by atoms with Crippen LogP contribution >= 0.6 is 0 Å². The number of anilines is 1. The van der Waals surface area contributed by atoms with E-state index in [1.165, 1.54) is 16.8 Å². The Morgan fingerprint density at radius 1 is 0.974 bits per heavy atom. The summed E-state index contributed by atoms with van der Waals surface area (Å²) in [6, 6.07) is 20.3. The molecule has 8 nitrogen and oxygen atoms in total. The Labute approximate surface area is 232 Å². The van der Waals surface area contributed by atoms with E-state index in [1.54, 1.807) is 12.3 Å². The van der Waals surface area contributed by atoms with Crippen molar-refractivity contribution in [2.45, 2.75) is 39.7 Å². The lowest BCUT2D eigenvalue weighted by molar-refractivity contribution is 0.0950. The van der Waals surface area contributed by atoms with Gasteiger partial charge in [0.1, 0.15) is 12.4 Å². The number of piperazine rings is 1. The number of aliphatic hydroxyl groups is 2. The lowest BCUT2D eigenvalue weighted by Gasteiger charge is -2.35. The highest BCUT2D eigenvalue weighted by Gasteiger charge is 2.23. The number of rotatable bonds is 7. The van der Waals surface area contributed by atoms with Crippen molar-refractivity contribution >= 4 is 11.6 Å². The van der Waals surface area contributed by atoms with E-state index in [0.29, 0.717) is 18.2 Å². The molecule has 3 N–H and O–H groups in total. The van der Waals surface area contributed by atoms with Crippen molar-refractivity contribution in [2.75, 3.05) is 51.0 Å². The first kappa shape index (κ1) is 30.1. The van der Waals surface area contributed by atoms with Gasteiger partial charge < -0.3 is 25.2 Å². The van der Waals surface area contributed by atoms with E-state index in [1.807, 2.05) is 48.2 Å². The monoisotopic (exact) mass is 534 g/mol.